The van der Waals surface area contributed by atoms with Gasteiger partial charge in [-0.1, -0.05) is 48.5 Å². The number of rotatable bonds is 10. The summed E-state index contributed by atoms with van der Waals surface area (Å²) in [6, 6.07) is 33.9. The zero-order chi connectivity index (χ0) is 24.3. The van der Waals surface area contributed by atoms with Crippen LogP contribution < -0.4 is 20.7 Å². The van der Waals surface area contributed by atoms with Crippen LogP contribution in [0.15, 0.2) is 109 Å². The lowest BCUT2D eigenvalue weighted by Crippen LogP contribution is -2.21. The first kappa shape index (κ1) is 23.6. The van der Waals surface area contributed by atoms with Crippen molar-refractivity contribution < 1.29 is 14.3 Å². The number of carbonyl (C=O) groups is 2. The minimum Gasteiger partial charge on any atom is -0.457 e. The molecule has 176 valence electrons. The highest BCUT2D eigenvalue weighted by molar-refractivity contribution is 5.94. The first-order valence-electron chi connectivity index (χ1n) is 11.4. The van der Waals surface area contributed by atoms with E-state index >= 15 is 0 Å². The number of hydrogen-bond acceptors (Lipinski definition) is 4. The Morgan fingerprint density at radius 1 is 0.571 bits per heavy atom. The number of carbonyl (C=O) groups excluding carboxylic acids is 2. The lowest BCUT2D eigenvalue weighted by Gasteiger charge is -2.10. The molecule has 6 heteroatoms. The molecular formula is C29H27N3O3. The van der Waals surface area contributed by atoms with Crippen LogP contribution in [-0.4, -0.2) is 18.4 Å². The maximum absolute atomic E-state index is 12.3. The van der Waals surface area contributed by atoms with Gasteiger partial charge in [0.05, 0.1) is 6.54 Å². The van der Waals surface area contributed by atoms with Gasteiger partial charge in [-0.25, -0.2) is 0 Å². The molecular weight excluding hydrogens is 438 g/mol. The van der Waals surface area contributed by atoms with Crippen LogP contribution in [0.2, 0.25) is 0 Å². The van der Waals surface area contributed by atoms with E-state index in [1.54, 1.807) is 12.1 Å². The number of aryl methyl sites for hydroxylation is 1. The van der Waals surface area contributed by atoms with Gasteiger partial charge in [-0.2, -0.15) is 0 Å². The third-order valence-electron chi connectivity index (χ3n) is 5.22. The van der Waals surface area contributed by atoms with Crippen molar-refractivity contribution in [2.75, 3.05) is 22.5 Å². The highest BCUT2D eigenvalue weighted by atomic mass is 16.5. The van der Waals surface area contributed by atoms with E-state index in [1.807, 2.05) is 97.1 Å². The van der Waals surface area contributed by atoms with Gasteiger partial charge in [-0.15, -0.1) is 0 Å². The number of anilines is 3. The molecule has 4 aromatic rings. The van der Waals surface area contributed by atoms with Crippen molar-refractivity contribution in [3.8, 4) is 11.5 Å². The van der Waals surface area contributed by atoms with Crippen LogP contribution in [-0.2, 0) is 16.0 Å². The summed E-state index contributed by atoms with van der Waals surface area (Å²) in [5.74, 6) is 1.25. The van der Waals surface area contributed by atoms with E-state index < -0.39 is 0 Å². The van der Waals surface area contributed by atoms with Crippen molar-refractivity contribution in [3.63, 3.8) is 0 Å². The topological polar surface area (TPSA) is 79.5 Å². The summed E-state index contributed by atoms with van der Waals surface area (Å²) in [6.07, 6.45) is 1.12. The Balaban J connectivity index is 1.18. The van der Waals surface area contributed by atoms with E-state index in [4.69, 9.17) is 4.74 Å². The molecule has 0 aliphatic rings. The van der Waals surface area contributed by atoms with E-state index in [2.05, 4.69) is 16.0 Å². The molecule has 0 aliphatic carbocycles. The zero-order valence-corrected chi connectivity index (χ0v) is 19.2. The molecule has 6 nitrogen and oxygen atoms in total. The molecule has 0 unspecified atom stereocenters. The molecule has 0 radical (unpaired) electrons. The Morgan fingerprint density at radius 3 is 1.74 bits per heavy atom. The molecule has 0 saturated heterocycles. The molecule has 4 rings (SSSR count). The summed E-state index contributed by atoms with van der Waals surface area (Å²) in [5, 5.41) is 8.84. The minimum absolute atomic E-state index is 0.0332. The van der Waals surface area contributed by atoms with Crippen molar-refractivity contribution in [2.24, 2.45) is 0 Å². The number of nitrogens with one attached hydrogen (secondary N) is 3. The zero-order valence-electron chi connectivity index (χ0n) is 19.2. The van der Waals surface area contributed by atoms with Gasteiger partial charge < -0.3 is 20.7 Å². The molecule has 0 atom stereocenters. The molecule has 0 aliphatic heterocycles. The quantitative estimate of drug-likeness (QED) is 0.264. The lowest BCUT2D eigenvalue weighted by atomic mass is 10.1. The van der Waals surface area contributed by atoms with Crippen LogP contribution in [0.25, 0.3) is 0 Å². The van der Waals surface area contributed by atoms with Crippen LogP contribution in [0.1, 0.15) is 12.0 Å². The van der Waals surface area contributed by atoms with Crippen molar-refractivity contribution in [1.29, 1.82) is 0 Å². The van der Waals surface area contributed by atoms with E-state index in [0.29, 0.717) is 24.3 Å². The second kappa shape index (κ2) is 12.0. The summed E-state index contributed by atoms with van der Waals surface area (Å²) in [6.45, 7) is 0.116. The number of hydrogen-bond donors (Lipinski definition) is 3. The fourth-order valence-electron chi connectivity index (χ4n) is 3.42. The molecule has 4 aromatic carbocycles. The van der Waals surface area contributed by atoms with Gasteiger partial charge in [0, 0.05) is 23.5 Å². The van der Waals surface area contributed by atoms with Crippen LogP contribution in [0.5, 0.6) is 11.5 Å². The summed E-state index contributed by atoms with van der Waals surface area (Å²) < 4.78 is 5.76. The minimum atomic E-state index is -0.167. The number of para-hydroxylation sites is 1. The summed E-state index contributed by atoms with van der Waals surface area (Å²) in [4.78, 5) is 24.5. The van der Waals surface area contributed by atoms with Crippen LogP contribution in [0.3, 0.4) is 0 Å². The summed E-state index contributed by atoms with van der Waals surface area (Å²) >= 11 is 0. The maximum atomic E-state index is 12.3. The van der Waals surface area contributed by atoms with Gasteiger partial charge in [-0.3, -0.25) is 9.59 Å². The highest BCUT2D eigenvalue weighted by Crippen LogP contribution is 2.22. The fraction of sp³-hybridized carbons (Fsp3) is 0.103. The first-order chi connectivity index (χ1) is 17.1. The van der Waals surface area contributed by atoms with Crippen LogP contribution in [0, 0.1) is 0 Å². The molecule has 35 heavy (non-hydrogen) atoms. The third kappa shape index (κ3) is 7.75. The van der Waals surface area contributed by atoms with Crippen molar-refractivity contribution >= 4 is 28.9 Å². The number of ether oxygens (including phenoxy) is 1. The van der Waals surface area contributed by atoms with Gasteiger partial charge in [0.15, 0.2) is 0 Å². The molecule has 2 amide bonds. The predicted octanol–water partition coefficient (Wildman–Crippen LogP) is 6.10. The second-order valence-corrected chi connectivity index (χ2v) is 7.95. The molecule has 3 N–H and O–H groups in total. The van der Waals surface area contributed by atoms with Gasteiger partial charge in [0.2, 0.25) is 11.8 Å². The molecule has 0 bridgehead atoms. The summed E-state index contributed by atoms with van der Waals surface area (Å²) in [5.41, 5.74) is 3.33. The Kier molecular flexibility index (Phi) is 8.11. The molecule has 0 heterocycles. The molecule has 0 fully saturated rings. The summed E-state index contributed by atoms with van der Waals surface area (Å²) in [7, 11) is 0. The van der Waals surface area contributed by atoms with Crippen LogP contribution in [0.4, 0.5) is 17.1 Å². The molecule has 0 saturated carbocycles. The second-order valence-electron chi connectivity index (χ2n) is 7.95. The predicted molar refractivity (Wildman–Crippen MR) is 140 cm³/mol. The Bertz CT molecular complexity index is 1230. The van der Waals surface area contributed by atoms with E-state index in [9.17, 15) is 9.59 Å². The van der Waals surface area contributed by atoms with E-state index in [1.165, 1.54) is 0 Å². The first-order valence-corrected chi connectivity index (χ1v) is 11.4. The lowest BCUT2D eigenvalue weighted by molar-refractivity contribution is -0.116. The number of amides is 2. The van der Waals surface area contributed by atoms with Crippen molar-refractivity contribution in [2.45, 2.75) is 12.8 Å². The van der Waals surface area contributed by atoms with Gasteiger partial charge in [-0.05, 0) is 72.6 Å². The molecule has 0 spiro atoms. The van der Waals surface area contributed by atoms with Crippen molar-refractivity contribution in [3.05, 3.63) is 115 Å². The SMILES string of the molecule is O=C(CCc1ccccc1)Nc1ccc(NCC(=O)Nc2ccc(Oc3ccccc3)cc2)cc1. The Labute approximate surface area is 205 Å². The van der Waals surface area contributed by atoms with Gasteiger partial charge in [0.1, 0.15) is 11.5 Å². The monoisotopic (exact) mass is 465 g/mol. The normalized spacial score (nSPS) is 10.3. The largest absolute Gasteiger partial charge is 0.457 e. The highest BCUT2D eigenvalue weighted by Gasteiger charge is 2.06. The van der Waals surface area contributed by atoms with E-state index in [0.717, 1.165) is 22.7 Å². The standard InChI is InChI=1S/C29H27N3O3/c33-28(20-11-22-7-3-1-4-8-22)31-24-14-12-23(13-15-24)30-21-29(34)32-25-16-18-27(19-17-25)35-26-9-5-2-6-10-26/h1-10,12-19,30H,11,20-21H2,(H,31,33)(H,32,34). The van der Waals surface area contributed by atoms with E-state index in [-0.39, 0.29) is 18.4 Å². The average Bonchev–Trinajstić information content (AvgIpc) is 2.89. The smallest absolute Gasteiger partial charge is 0.243 e. The maximum Gasteiger partial charge on any atom is 0.243 e. The van der Waals surface area contributed by atoms with Gasteiger partial charge in [0.25, 0.3) is 0 Å². The molecule has 0 aromatic heterocycles. The Hall–Kier alpha value is -4.58. The third-order valence-corrected chi connectivity index (χ3v) is 5.22. The van der Waals surface area contributed by atoms with Crippen LogP contribution >= 0.6 is 0 Å². The van der Waals surface area contributed by atoms with Gasteiger partial charge >= 0.3 is 0 Å². The number of benzene rings is 4. The fourth-order valence-corrected chi connectivity index (χ4v) is 3.42. The average molecular weight is 466 g/mol. The Morgan fingerprint density at radius 2 is 1.09 bits per heavy atom. The van der Waals surface area contributed by atoms with Crippen molar-refractivity contribution in [1.82, 2.24) is 0 Å².